The summed E-state index contributed by atoms with van der Waals surface area (Å²) in [6.07, 6.45) is 6.01. The molecule has 1 aromatic carbocycles. The van der Waals surface area contributed by atoms with Gasteiger partial charge in [0.2, 0.25) is 0 Å². The molecule has 0 aromatic heterocycles. The van der Waals surface area contributed by atoms with E-state index in [1.165, 1.54) is 25.7 Å². The van der Waals surface area contributed by atoms with Gasteiger partial charge in [-0.3, -0.25) is 9.69 Å². The van der Waals surface area contributed by atoms with Crippen molar-refractivity contribution >= 4 is 6.29 Å². The number of carbonyl (C=O) groups is 1. The van der Waals surface area contributed by atoms with E-state index < -0.39 is 0 Å². The van der Waals surface area contributed by atoms with E-state index in [-0.39, 0.29) is 0 Å². The highest BCUT2D eigenvalue weighted by molar-refractivity contribution is 5.75. The number of ether oxygens (including phenoxy) is 1. The summed E-state index contributed by atoms with van der Waals surface area (Å²) in [7, 11) is 1.69. The Labute approximate surface area is 128 Å². The van der Waals surface area contributed by atoms with Crippen molar-refractivity contribution in [2.24, 2.45) is 5.41 Å². The number of piperidine rings is 1. The van der Waals surface area contributed by atoms with E-state index in [1.54, 1.807) is 7.11 Å². The van der Waals surface area contributed by atoms with Crippen LogP contribution in [-0.2, 0) is 6.54 Å². The van der Waals surface area contributed by atoms with Gasteiger partial charge in [0.05, 0.1) is 7.11 Å². The highest BCUT2D eigenvalue weighted by atomic mass is 16.5. The molecule has 1 fully saturated rings. The molecule has 2 rings (SSSR count). The third-order valence-electron chi connectivity index (χ3n) is 5.25. The molecule has 0 spiro atoms. The molecule has 0 aliphatic carbocycles. The van der Waals surface area contributed by atoms with Crippen LogP contribution in [0.2, 0.25) is 0 Å². The van der Waals surface area contributed by atoms with Crippen molar-refractivity contribution in [3.8, 4) is 5.75 Å². The van der Waals surface area contributed by atoms with Crippen molar-refractivity contribution in [3.63, 3.8) is 0 Å². The fraction of sp³-hybridized carbons (Fsp3) is 0.611. The van der Waals surface area contributed by atoms with E-state index in [9.17, 15) is 4.79 Å². The molecule has 1 saturated heterocycles. The Hall–Kier alpha value is -1.35. The summed E-state index contributed by atoms with van der Waals surface area (Å²) < 4.78 is 5.43. The highest BCUT2D eigenvalue weighted by Crippen LogP contribution is 2.38. The monoisotopic (exact) mass is 289 g/mol. The summed E-state index contributed by atoms with van der Waals surface area (Å²) in [5.74, 6) is 0.878. The molecule has 0 unspecified atom stereocenters. The summed E-state index contributed by atoms with van der Waals surface area (Å²) in [6, 6.07) is 5.66. The van der Waals surface area contributed by atoms with Gasteiger partial charge < -0.3 is 4.74 Å². The lowest BCUT2D eigenvalue weighted by atomic mass is 9.74. The molecule has 3 nitrogen and oxygen atoms in total. The summed E-state index contributed by atoms with van der Waals surface area (Å²) in [5.41, 5.74) is 2.38. The van der Waals surface area contributed by atoms with Gasteiger partial charge in [0.1, 0.15) is 12.0 Å². The molecule has 0 amide bonds. The molecular formula is C18H27NO2. The number of nitrogens with zero attached hydrogens (tertiary/aromatic N) is 1. The number of benzene rings is 1. The van der Waals surface area contributed by atoms with Gasteiger partial charge in [0.25, 0.3) is 0 Å². The van der Waals surface area contributed by atoms with Crippen molar-refractivity contribution in [1.82, 2.24) is 4.90 Å². The lowest BCUT2D eigenvalue weighted by Crippen LogP contribution is -2.39. The first-order valence-electron chi connectivity index (χ1n) is 8.01. The molecule has 21 heavy (non-hydrogen) atoms. The van der Waals surface area contributed by atoms with Crippen LogP contribution < -0.4 is 4.74 Å². The molecule has 0 bridgehead atoms. The molecular weight excluding hydrogens is 262 g/mol. The summed E-state index contributed by atoms with van der Waals surface area (Å²) >= 11 is 0. The van der Waals surface area contributed by atoms with Gasteiger partial charge >= 0.3 is 0 Å². The van der Waals surface area contributed by atoms with E-state index in [1.807, 2.05) is 18.2 Å². The SMILES string of the molecule is CCC1(CC)CCN(Cc2cc(C=O)ccc2OC)CC1. The van der Waals surface area contributed by atoms with Crippen molar-refractivity contribution in [1.29, 1.82) is 0 Å². The van der Waals surface area contributed by atoms with Crippen molar-refractivity contribution in [2.75, 3.05) is 20.2 Å². The van der Waals surface area contributed by atoms with E-state index in [0.717, 1.165) is 42.8 Å². The van der Waals surface area contributed by atoms with Crippen LogP contribution in [0.1, 0.15) is 55.5 Å². The van der Waals surface area contributed by atoms with Crippen LogP contribution in [-0.4, -0.2) is 31.4 Å². The largest absolute Gasteiger partial charge is 0.496 e. The second kappa shape index (κ2) is 7.08. The van der Waals surface area contributed by atoms with Crippen LogP contribution in [0, 0.1) is 5.41 Å². The Kier molecular flexibility index (Phi) is 5.40. The van der Waals surface area contributed by atoms with E-state index in [4.69, 9.17) is 4.74 Å². The van der Waals surface area contributed by atoms with Crippen molar-refractivity contribution < 1.29 is 9.53 Å². The quantitative estimate of drug-likeness (QED) is 0.744. The molecule has 0 radical (unpaired) electrons. The average Bonchev–Trinajstić information content (AvgIpc) is 2.55. The van der Waals surface area contributed by atoms with Gasteiger partial charge in [-0.25, -0.2) is 0 Å². The van der Waals surface area contributed by atoms with Crippen LogP contribution in [0.15, 0.2) is 18.2 Å². The Morgan fingerprint density at radius 2 is 1.90 bits per heavy atom. The number of likely N-dealkylation sites (tertiary alicyclic amines) is 1. The van der Waals surface area contributed by atoms with Gasteiger partial charge in [0.15, 0.2) is 0 Å². The molecule has 0 atom stereocenters. The standard InChI is InChI=1S/C18H27NO2/c1-4-18(5-2)8-10-19(11-9-18)13-16-12-15(14-20)6-7-17(16)21-3/h6-7,12,14H,4-5,8-11,13H2,1-3H3. The zero-order valence-corrected chi connectivity index (χ0v) is 13.5. The fourth-order valence-electron chi connectivity index (χ4n) is 3.38. The Morgan fingerprint density at radius 1 is 1.24 bits per heavy atom. The van der Waals surface area contributed by atoms with Gasteiger partial charge in [-0.15, -0.1) is 0 Å². The number of hydrogen-bond acceptors (Lipinski definition) is 3. The Morgan fingerprint density at radius 3 is 2.43 bits per heavy atom. The maximum absolute atomic E-state index is 11.0. The lowest BCUT2D eigenvalue weighted by molar-refractivity contribution is 0.0903. The summed E-state index contributed by atoms with van der Waals surface area (Å²) in [4.78, 5) is 13.4. The van der Waals surface area contributed by atoms with Crippen LogP contribution in [0.25, 0.3) is 0 Å². The van der Waals surface area contributed by atoms with Crippen LogP contribution >= 0.6 is 0 Å². The molecule has 1 aliphatic heterocycles. The molecule has 3 heteroatoms. The molecule has 116 valence electrons. The maximum atomic E-state index is 11.0. The minimum absolute atomic E-state index is 0.547. The zero-order valence-electron chi connectivity index (χ0n) is 13.5. The number of methoxy groups -OCH3 is 1. The normalized spacial score (nSPS) is 18.4. The molecule has 1 aliphatic rings. The predicted octanol–water partition coefficient (Wildman–Crippen LogP) is 3.91. The van der Waals surface area contributed by atoms with E-state index in [2.05, 4.69) is 18.7 Å². The van der Waals surface area contributed by atoms with E-state index >= 15 is 0 Å². The molecule has 1 aromatic rings. The van der Waals surface area contributed by atoms with Crippen LogP contribution in [0.5, 0.6) is 5.75 Å². The van der Waals surface area contributed by atoms with Crippen molar-refractivity contribution in [2.45, 2.75) is 46.1 Å². The van der Waals surface area contributed by atoms with Crippen LogP contribution in [0.3, 0.4) is 0 Å². The number of hydrogen-bond donors (Lipinski definition) is 0. The van der Waals surface area contributed by atoms with E-state index in [0.29, 0.717) is 5.41 Å². The topological polar surface area (TPSA) is 29.5 Å². The fourth-order valence-corrected chi connectivity index (χ4v) is 3.38. The first-order valence-corrected chi connectivity index (χ1v) is 8.01. The maximum Gasteiger partial charge on any atom is 0.150 e. The third kappa shape index (κ3) is 3.65. The van der Waals surface area contributed by atoms with Gasteiger partial charge in [-0.1, -0.05) is 26.7 Å². The van der Waals surface area contributed by atoms with Gasteiger partial charge in [0, 0.05) is 17.7 Å². The minimum Gasteiger partial charge on any atom is -0.496 e. The molecule has 1 heterocycles. The first kappa shape index (κ1) is 16.0. The van der Waals surface area contributed by atoms with Crippen molar-refractivity contribution in [3.05, 3.63) is 29.3 Å². The number of rotatable bonds is 6. The van der Waals surface area contributed by atoms with Gasteiger partial charge in [-0.2, -0.15) is 0 Å². The predicted molar refractivity (Wildman–Crippen MR) is 85.9 cm³/mol. The second-order valence-electron chi connectivity index (χ2n) is 6.17. The highest BCUT2D eigenvalue weighted by Gasteiger charge is 2.31. The van der Waals surface area contributed by atoms with Gasteiger partial charge in [-0.05, 0) is 49.5 Å². The van der Waals surface area contributed by atoms with Crippen LogP contribution in [0.4, 0.5) is 0 Å². The summed E-state index contributed by atoms with van der Waals surface area (Å²) in [6.45, 7) is 7.77. The zero-order chi connectivity index (χ0) is 15.3. The summed E-state index contributed by atoms with van der Waals surface area (Å²) in [5, 5.41) is 0. The number of aldehydes is 1. The Bertz CT molecular complexity index is 470. The second-order valence-corrected chi connectivity index (χ2v) is 6.17. The third-order valence-corrected chi connectivity index (χ3v) is 5.25. The average molecular weight is 289 g/mol. The first-order chi connectivity index (χ1) is 10.2. The molecule has 0 saturated carbocycles. The smallest absolute Gasteiger partial charge is 0.150 e. The lowest BCUT2D eigenvalue weighted by Gasteiger charge is -2.41. The molecule has 0 N–H and O–H groups in total. The Balaban J connectivity index is 2.05. The minimum atomic E-state index is 0.547. The number of carbonyl (C=O) groups excluding carboxylic acids is 1.